The summed E-state index contributed by atoms with van der Waals surface area (Å²) in [5, 5.41) is 0. The second-order valence-electron chi connectivity index (χ2n) is 3.87. The van der Waals surface area contributed by atoms with Gasteiger partial charge in [-0.25, -0.2) is 4.98 Å². The first kappa shape index (κ1) is 11.5. The fourth-order valence-electron chi connectivity index (χ4n) is 1.69. The average Bonchev–Trinajstić information content (AvgIpc) is 2.28. The van der Waals surface area contributed by atoms with Crippen LogP contribution in [0.5, 0.6) is 0 Å². The molecule has 1 aromatic carbocycles. The molecule has 4 heteroatoms. The summed E-state index contributed by atoms with van der Waals surface area (Å²) >= 11 is 0. The molecule has 0 fully saturated rings. The van der Waals surface area contributed by atoms with Gasteiger partial charge in [0.2, 0.25) is 0 Å². The van der Waals surface area contributed by atoms with E-state index in [0.29, 0.717) is 18.1 Å². The maximum atomic E-state index is 11.4. The largest absolute Gasteiger partial charge is 0.380 e. The van der Waals surface area contributed by atoms with Gasteiger partial charge in [0.05, 0.1) is 6.61 Å². The maximum absolute atomic E-state index is 11.4. The van der Waals surface area contributed by atoms with Crippen LogP contribution in [0.25, 0.3) is 11.4 Å². The Kier molecular flexibility index (Phi) is 3.35. The van der Waals surface area contributed by atoms with Crippen LogP contribution in [-0.4, -0.2) is 17.1 Å². The number of aromatic nitrogens is 2. The minimum atomic E-state index is -0.135. The molecule has 1 N–H and O–H groups in total. The van der Waals surface area contributed by atoms with Crippen molar-refractivity contribution in [2.75, 3.05) is 7.11 Å². The van der Waals surface area contributed by atoms with Gasteiger partial charge in [-0.05, 0) is 18.6 Å². The quantitative estimate of drug-likeness (QED) is 0.876. The van der Waals surface area contributed by atoms with E-state index in [1.54, 1.807) is 14.0 Å². The summed E-state index contributed by atoms with van der Waals surface area (Å²) in [6.07, 6.45) is 0. The molecule has 17 heavy (non-hydrogen) atoms. The Bertz CT molecular complexity index is 576. The molecule has 0 radical (unpaired) electrons. The van der Waals surface area contributed by atoms with Crippen LogP contribution in [0.1, 0.15) is 11.3 Å². The van der Waals surface area contributed by atoms with Gasteiger partial charge >= 0.3 is 0 Å². The molecule has 4 nitrogen and oxygen atoms in total. The van der Waals surface area contributed by atoms with Gasteiger partial charge in [0.15, 0.2) is 0 Å². The lowest BCUT2D eigenvalue weighted by Gasteiger charge is -2.04. The molecule has 0 aliphatic heterocycles. The molecule has 88 valence electrons. The molecule has 0 amide bonds. The van der Waals surface area contributed by atoms with Crippen LogP contribution < -0.4 is 5.56 Å². The first-order valence-corrected chi connectivity index (χ1v) is 5.35. The smallest absolute Gasteiger partial charge is 0.251 e. The van der Waals surface area contributed by atoms with Crippen LogP contribution in [0.4, 0.5) is 0 Å². The summed E-state index contributed by atoms with van der Waals surface area (Å²) in [7, 11) is 1.65. The fourth-order valence-corrected chi connectivity index (χ4v) is 1.69. The van der Waals surface area contributed by atoms with Crippen LogP contribution in [0.15, 0.2) is 35.1 Å². The minimum absolute atomic E-state index is 0.135. The number of ether oxygens (including phenoxy) is 1. The van der Waals surface area contributed by atoms with E-state index < -0.39 is 0 Å². The third-order valence-electron chi connectivity index (χ3n) is 2.38. The van der Waals surface area contributed by atoms with Crippen molar-refractivity contribution in [3.8, 4) is 11.4 Å². The van der Waals surface area contributed by atoms with E-state index >= 15 is 0 Å². The van der Waals surface area contributed by atoms with Crippen molar-refractivity contribution < 1.29 is 4.74 Å². The number of aromatic amines is 1. The van der Waals surface area contributed by atoms with Crippen LogP contribution in [0.3, 0.4) is 0 Å². The van der Waals surface area contributed by atoms with Gasteiger partial charge < -0.3 is 9.72 Å². The van der Waals surface area contributed by atoms with Gasteiger partial charge in [-0.3, -0.25) is 4.79 Å². The summed E-state index contributed by atoms with van der Waals surface area (Å²) in [6, 6.07) is 9.24. The van der Waals surface area contributed by atoms with Crippen LogP contribution in [0.2, 0.25) is 0 Å². The van der Waals surface area contributed by atoms with Crippen molar-refractivity contribution in [1.29, 1.82) is 0 Å². The number of H-pyrrole nitrogens is 1. The number of methoxy groups -OCH3 is 1. The zero-order valence-corrected chi connectivity index (χ0v) is 9.86. The number of hydrogen-bond donors (Lipinski definition) is 1. The van der Waals surface area contributed by atoms with Crippen molar-refractivity contribution in [3.05, 3.63) is 51.9 Å². The molecule has 0 spiro atoms. The van der Waals surface area contributed by atoms with Gasteiger partial charge in [0.25, 0.3) is 5.56 Å². The third-order valence-corrected chi connectivity index (χ3v) is 2.38. The predicted molar refractivity (Wildman–Crippen MR) is 65.7 cm³/mol. The van der Waals surface area contributed by atoms with Gasteiger partial charge in [-0.15, -0.1) is 0 Å². The SMILES string of the molecule is COCc1cccc(-c2nc(C)cc(=O)[nH]2)c1. The molecule has 0 unspecified atom stereocenters. The van der Waals surface area contributed by atoms with E-state index in [9.17, 15) is 4.79 Å². The Morgan fingerprint density at radius 1 is 1.35 bits per heavy atom. The molecule has 1 aromatic heterocycles. The van der Waals surface area contributed by atoms with Crippen molar-refractivity contribution in [2.45, 2.75) is 13.5 Å². The first-order valence-electron chi connectivity index (χ1n) is 5.35. The molecule has 0 bridgehead atoms. The van der Waals surface area contributed by atoms with E-state index in [4.69, 9.17) is 4.74 Å². The molecule has 0 aliphatic rings. The molecular formula is C13H14N2O2. The number of rotatable bonds is 3. The van der Waals surface area contributed by atoms with Crippen molar-refractivity contribution in [1.82, 2.24) is 9.97 Å². The second-order valence-corrected chi connectivity index (χ2v) is 3.87. The second kappa shape index (κ2) is 4.93. The van der Waals surface area contributed by atoms with E-state index in [2.05, 4.69) is 9.97 Å². The monoisotopic (exact) mass is 230 g/mol. The molecule has 0 saturated carbocycles. The van der Waals surface area contributed by atoms with E-state index in [1.807, 2.05) is 24.3 Å². The van der Waals surface area contributed by atoms with Crippen molar-refractivity contribution in [2.24, 2.45) is 0 Å². The van der Waals surface area contributed by atoms with Crippen LogP contribution in [-0.2, 0) is 11.3 Å². The van der Waals surface area contributed by atoms with Gasteiger partial charge in [-0.1, -0.05) is 18.2 Å². The summed E-state index contributed by atoms with van der Waals surface area (Å²) < 4.78 is 5.07. The van der Waals surface area contributed by atoms with E-state index in [-0.39, 0.29) is 5.56 Å². The number of hydrogen-bond acceptors (Lipinski definition) is 3. The maximum Gasteiger partial charge on any atom is 0.251 e. The summed E-state index contributed by atoms with van der Waals surface area (Å²) in [4.78, 5) is 18.4. The lowest BCUT2D eigenvalue weighted by Crippen LogP contribution is -2.08. The average molecular weight is 230 g/mol. The Hall–Kier alpha value is -1.94. The Balaban J connectivity index is 2.45. The lowest BCUT2D eigenvalue weighted by molar-refractivity contribution is 0.185. The number of benzene rings is 1. The zero-order chi connectivity index (χ0) is 12.3. The highest BCUT2D eigenvalue weighted by Gasteiger charge is 2.02. The Morgan fingerprint density at radius 2 is 2.18 bits per heavy atom. The highest BCUT2D eigenvalue weighted by molar-refractivity contribution is 5.55. The summed E-state index contributed by atoms with van der Waals surface area (Å²) in [5.41, 5.74) is 2.51. The summed E-state index contributed by atoms with van der Waals surface area (Å²) in [5.74, 6) is 0.591. The normalized spacial score (nSPS) is 10.5. The predicted octanol–water partition coefficient (Wildman–Crippen LogP) is 1.89. The number of nitrogens with one attached hydrogen (secondary N) is 1. The fraction of sp³-hybridized carbons (Fsp3) is 0.231. The Labute approximate surface area is 99.3 Å². The lowest BCUT2D eigenvalue weighted by atomic mass is 10.1. The van der Waals surface area contributed by atoms with E-state index in [1.165, 1.54) is 6.07 Å². The molecular weight excluding hydrogens is 216 g/mol. The Morgan fingerprint density at radius 3 is 2.88 bits per heavy atom. The van der Waals surface area contributed by atoms with E-state index in [0.717, 1.165) is 11.1 Å². The minimum Gasteiger partial charge on any atom is -0.380 e. The third kappa shape index (κ3) is 2.79. The highest BCUT2D eigenvalue weighted by Crippen LogP contribution is 2.15. The highest BCUT2D eigenvalue weighted by atomic mass is 16.5. The summed E-state index contributed by atoms with van der Waals surface area (Å²) in [6.45, 7) is 2.35. The molecule has 1 heterocycles. The standard InChI is InChI=1S/C13H14N2O2/c1-9-6-12(16)15-13(14-9)11-5-3-4-10(7-11)8-17-2/h3-7H,8H2,1-2H3,(H,14,15,16). The van der Waals surface area contributed by atoms with Crippen molar-refractivity contribution in [3.63, 3.8) is 0 Å². The molecule has 0 saturated heterocycles. The zero-order valence-electron chi connectivity index (χ0n) is 9.86. The van der Waals surface area contributed by atoms with Gasteiger partial charge in [0, 0.05) is 24.4 Å². The topological polar surface area (TPSA) is 55.0 Å². The van der Waals surface area contributed by atoms with Crippen LogP contribution in [0, 0.1) is 6.92 Å². The van der Waals surface area contributed by atoms with Gasteiger partial charge in [-0.2, -0.15) is 0 Å². The molecule has 2 rings (SSSR count). The molecule has 0 aliphatic carbocycles. The van der Waals surface area contributed by atoms with Gasteiger partial charge in [0.1, 0.15) is 5.82 Å². The van der Waals surface area contributed by atoms with Crippen molar-refractivity contribution >= 4 is 0 Å². The number of aryl methyl sites for hydroxylation is 1. The number of nitrogens with zero attached hydrogens (tertiary/aromatic N) is 1. The first-order chi connectivity index (χ1) is 8.19. The molecule has 2 aromatic rings. The molecule has 0 atom stereocenters. The van der Waals surface area contributed by atoms with Crippen LogP contribution >= 0.6 is 0 Å².